The first-order chi connectivity index (χ1) is 6.51. The Morgan fingerprint density at radius 1 is 1.29 bits per heavy atom. The second-order valence-corrected chi connectivity index (χ2v) is 3.86. The Balaban J connectivity index is 4.18. The minimum absolute atomic E-state index is 0.0165. The van der Waals surface area contributed by atoms with Gasteiger partial charge in [0.05, 0.1) is 6.10 Å². The average molecular weight is 198 g/mol. The fourth-order valence-electron chi connectivity index (χ4n) is 0.972. The Morgan fingerprint density at radius 2 is 1.86 bits per heavy atom. The Kier molecular flexibility index (Phi) is 6.26. The van der Waals surface area contributed by atoms with Crippen LogP contribution in [0.3, 0.4) is 0 Å². The number of ether oxygens (including phenoxy) is 1. The van der Waals surface area contributed by atoms with Gasteiger partial charge in [0.2, 0.25) is 0 Å². The summed E-state index contributed by atoms with van der Waals surface area (Å²) in [5, 5.41) is 0. The van der Waals surface area contributed by atoms with Crippen LogP contribution in [0.5, 0.6) is 0 Å². The summed E-state index contributed by atoms with van der Waals surface area (Å²) in [5.74, 6) is 0.263. The minimum atomic E-state index is -0.181. The van der Waals surface area contributed by atoms with E-state index in [2.05, 4.69) is 13.8 Å². The zero-order valence-electron chi connectivity index (χ0n) is 9.96. The van der Waals surface area contributed by atoms with Crippen molar-refractivity contribution in [3.63, 3.8) is 0 Å². The van der Waals surface area contributed by atoms with Gasteiger partial charge in [0, 0.05) is 5.57 Å². The summed E-state index contributed by atoms with van der Waals surface area (Å²) in [7, 11) is 0. The van der Waals surface area contributed by atoms with Gasteiger partial charge in [-0.3, -0.25) is 0 Å². The van der Waals surface area contributed by atoms with Gasteiger partial charge in [-0.2, -0.15) is 0 Å². The second-order valence-electron chi connectivity index (χ2n) is 3.86. The molecule has 0 aromatic rings. The quantitative estimate of drug-likeness (QED) is 0.500. The lowest BCUT2D eigenvalue weighted by atomic mass is 10.1. The lowest BCUT2D eigenvalue weighted by molar-refractivity contribution is -0.143. The molecule has 0 saturated carbocycles. The van der Waals surface area contributed by atoms with Gasteiger partial charge in [-0.05, 0) is 26.2 Å². The molecule has 2 nitrogen and oxygen atoms in total. The summed E-state index contributed by atoms with van der Waals surface area (Å²) in [6.07, 6.45) is 3.91. The van der Waals surface area contributed by atoms with Gasteiger partial charge >= 0.3 is 5.97 Å². The number of carbonyl (C=O) groups excluding carboxylic acids is 1. The Morgan fingerprint density at radius 3 is 2.29 bits per heavy atom. The number of hydrogen-bond donors (Lipinski definition) is 0. The molecule has 0 spiro atoms. The van der Waals surface area contributed by atoms with E-state index in [0.29, 0.717) is 5.92 Å². The molecule has 0 aliphatic carbocycles. The van der Waals surface area contributed by atoms with Crippen LogP contribution in [0.4, 0.5) is 0 Å². The molecule has 82 valence electrons. The summed E-state index contributed by atoms with van der Waals surface area (Å²) >= 11 is 0. The second kappa shape index (κ2) is 6.63. The van der Waals surface area contributed by atoms with Crippen molar-refractivity contribution in [3.8, 4) is 0 Å². The normalized spacial score (nSPS) is 16.2. The molecule has 0 bridgehead atoms. The van der Waals surface area contributed by atoms with Gasteiger partial charge < -0.3 is 4.74 Å². The molecule has 2 unspecified atom stereocenters. The highest BCUT2D eigenvalue weighted by molar-refractivity contribution is 5.87. The lowest BCUT2D eigenvalue weighted by Crippen LogP contribution is -2.15. The largest absolute Gasteiger partial charge is 0.459 e. The number of allylic oxidation sites excluding steroid dienone is 1. The van der Waals surface area contributed by atoms with Gasteiger partial charge in [0.25, 0.3) is 0 Å². The van der Waals surface area contributed by atoms with E-state index in [0.717, 1.165) is 18.4 Å². The molecule has 2 atom stereocenters. The molecule has 0 aliphatic rings. The first-order valence-electron chi connectivity index (χ1n) is 5.40. The number of hydrogen-bond acceptors (Lipinski definition) is 2. The Labute approximate surface area is 87.3 Å². The molecule has 14 heavy (non-hydrogen) atoms. The van der Waals surface area contributed by atoms with Gasteiger partial charge in [0.1, 0.15) is 0 Å². The van der Waals surface area contributed by atoms with Crippen LogP contribution in [0, 0.1) is 5.92 Å². The first kappa shape index (κ1) is 13.2. The average Bonchev–Trinajstić information content (AvgIpc) is 2.17. The van der Waals surface area contributed by atoms with E-state index in [4.69, 9.17) is 4.74 Å². The molecule has 2 heteroatoms. The third-order valence-electron chi connectivity index (χ3n) is 2.38. The maximum absolute atomic E-state index is 11.5. The van der Waals surface area contributed by atoms with Crippen LogP contribution in [0.25, 0.3) is 0 Å². The topological polar surface area (TPSA) is 26.3 Å². The third-order valence-corrected chi connectivity index (χ3v) is 2.38. The van der Waals surface area contributed by atoms with E-state index in [1.807, 2.05) is 26.8 Å². The van der Waals surface area contributed by atoms with Crippen molar-refractivity contribution in [3.05, 3.63) is 11.6 Å². The minimum Gasteiger partial charge on any atom is -0.459 e. The third kappa shape index (κ3) is 5.05. The highest BCUT2D eigenvalue weighted by atomic mass is 16.5. The fourth-order valence-corrected chi connectivity index (χ4v) is 0.972. The number of esters is 1. The predicted octanol–water partition coefficient (Wildman–Crippen LogP) is 3.32. The molecule has 0 radical (unpaired) electrons. The highest BCUT2D eigenvalue weighted by Gasteiger charge is 2.10. The summed E-state index contributed by atoms with van der Waals surface area (Å²) in [6, 6.07) is 0. The van der Waals surface area contributed by atoms with Gasteiger partial charge in [0.15, 0.2) is 0 Å². The number of rotatable bonds is 5. The SMILES string of the molecule is CCC(C)C=C(C)C(=O)OC(C)CC. The molecule has 0 saturated heterocycles. The Hall–Kier alpha value is -0.790. The molecule has 0 amide bonds. The van der Waals surface area contributed by atoms with E-state index >= 15 is 0 Å². The van der Waals surface area contributed by atoms with Crippen LogP contribution in [0.1, 0.15) is 47.5 Å². The molecule has 0 fully saturated rings. The molecule has 0 rings (SSSR count). The maximum Gasteiger partial charge on any atom is 0.333 e. The fraction of sp³-hybridized carbons (Fsp3) is 0.750. The van der Waals surface area contributed by atoms with Crippen molar-refractivity contribution in [2.45, 2.75) is 53.6 Å². The van der Waals surface area contributed by atoms with E-state index < -0.39 is 0 Å². The van der Waals surface area contributed by atoms with Crippen LogP contribution in [-0.4, -0.2) is 12.1 Å². The lowest BCUT2D eigenvalue weighted by Gasteiger charge is -2.11. The standard InChI is InChI=1S/C12H22O2/c1-6-9(3)8-10(4)12(13)14-11(5)7-2/h8-9,11H,6-7H2,1-5H3. The van der Waals surface area contributed by atoms with Crippen LogP contribution >= 0.6 is 0 Å². The van der Waals surface area contributed by atoms with E-state index in [-0.39, 0.29) is 12.1 Å². The van der Waals surface area contributed by atoms with Crippen LogP contribution in [0.15, 0.2) is 11.6 Å². The summed E-state index contributed by atoms with van der Waals surface area (Å²) in [6.45, 7) is 9.94. The van der Waals surface area contributed by atoms with Crippen LogP contribution in [-0.2, 0) is 9.53 Å². The predicted molar refractivity (Wildman–Crippen MR) is 59.1 cm³/mol. The molecule has 0 N–H and O–H groups in total. The molecular formula is C12H22O2. The van der Waals surface area contributed by atoms with Crippen LogP contribution in [0.2, 0.25) is 0 Å². The van der Waals surface area contributed by atoms with E-state index in [1.165, 1.54) is 0 Å². The smallest absolute Gasteiger partial charge is 0.333 e. The van der Waals surface area contributed by atoms with Crippen molar-refractivity contribution in [1.82, 2.24) is 0 Å². The summed E-state index contributed by atoms with van der Waals surface area (Å²) in [5.41, 5.74) is 0.722. The van der Waals surface area contributed by atoms with E-state index in [1.54, 1.807) is 0 Å². The van der Waals surface area contributed by atoms with Crippen molar-refractivity contribution in [1.29, 1.82) is 0 Å². The van der Waals surface area contributed by atoms with Gasteiger partial charge in [-0.25, -0.2) is 4.79 Å². The van der Waals surface area contributed by atoms with Gasteiger partial charge in [-0.1, -0.05) is 33.3 Å². The zero-order chi connectivity index (χ0) is 11.1. The molecule has 0 aliphatic heterocycles. The monoisotopic (exact) mass is 198 g/mol. The number of carbonyl (C=O) groups is 1. The van der Waals surface area contributed by atoms with Crippen molar-refractivity contribution in [2.24, 2.45) is 5.92 Å². The summed E-state index contributed by atoms with van der Waals surface area (Å²) in [4.78, 5) is 11.5. The molecule has 0 aromatic heterocycles. The Bertz CT molecular complexity index is 206. The van der Waals surface area contributed by atoms with E-state index in [9.17, 15) is 4.79 Å². The molecule has 0 aromatic carbocycles. The summed E-state index contributed by atoms with van der Waals surface area (Å²) < 4.78 is 5.20. The van der Waals surface area contributed by atoms with Crippen molar-refractivity contribution < 1.29 is 9.53 Å². The maximum atomic E-state index is 11.5. The highest BCUT2D eigenvalue weighted by Crippen LogP contribution is 2.09. The molecular weight excluding hydrogens is 176 g/mol. The zero-order valence-corrected chi connectivity index (χ0v) is 9.96. The molecule has 0 heterocycles. The van der Waals surface area contributed by atoms with Crippen molar-refractivity contribution >= 4 is 5.97 Å². The van der Waals surface area contributed by atoms with Crippen LogP contribution < -0.4 is 0 Å². The first-order valence-corrected chi connectivity index (χ1v) is 5.40. The van der Waals surface area contributed by atoms with Gasteiger partial charge in [-0.15, -0.1) is 0 Å². The van der Waals surface area contributed by atoms with Crippen molar-refractivity contribution in [2.75, 3.05) is 0 Å².